The van der Waals surface area contributed by atoms with Crippen molar-refractivity contribution in [3.05, 3.63) is 18.0 Å². The summed E-state index contributed by atoms with van der Waals surface area (Å²) in [5.74, 6) is -0.929. The molecule has 1 saturated carbocycles. The van der Waals surface area contributed by atoms with E-state index in [4.69, 9.17) is 9.47 Å². The predicted molar refractivity (Wildman–Crippen MR) is 143 cm³/mol. The molecule has 40 heavy (non-hydrogen) atoms. The molecule has 1 saturated heterocycles. The minimum atomic E-state index is -1.16. The Bertz CT molecular complexity index is 1140. The number of amides is 3. The lowest BCUT2D eigenvalue weighted by Crippen LogP contribution is -2.56. The van der Waals surface area contributed by atoms with E-state index < -0.39 is 41.2 Å². The molecule has 220 valence electrons. The van der Waals surface area contributed by atoms with Crippen molar-refractivity contribution < 1.29 is 28.7 Å². The number of hydrogen-bond donors (Lipinski definition) is 2. The predicted octanol–water partition coefficient (Wildman–Crippen LogP) is 1.98. The maximum absolute atomic E-state index is 14.0. The van der Waals surface area contributed by atoms with Crippen molar-refractivity contribution >= 4 is 23.9 Å². The molecule has 13 heteroatoms. The molecule has 1 aromatic rings. The number of rotatable bonds is 4. The zero-order chi connectivity index (χ0) is 29.1. The molecule has 13 nitrogen and oxygen atoms in total. The molecule has 2 aliphatic heterocycles. The molecule has 0 radical (unpaired) electrons. The summed E-state index contributed by atoms with van der Waals surface area (Å²) in [4.78, 5) is 55.0. The molecule has 2 fully saturated rings. The third kappa shape index (κ3) is 6.61. The quantitative estimate of drug-likeness (QED) is 0.416. The standard InChI is InChI=1S/C27H41N7O6/c1-6-39-24(37)27-15-18(27)12-10-8-7-9-11-13-20(28-25(38)40-26(3,4)5)23(36)33-16-19(14-21(33)22(35)29-27)34-17(2)30-31-32-34/h10,12,18-21H,6-9,11,13-16H2,1-5H3,(H,28,38)(H,29,35)/b12-10-/t18-,19+,20-,21-,27+/m0/s1. The van der Waals surface area contributed by atoms with Crippen molar-refractivity contribution in [1.29, 1.82) is 0 Å². The summed E-state index contributed by atoms with van der Waals surface area (Å²) in [6.07, 6.45) is 7.67. The fourth-order valence-corrected chi connectivity index (χ4v) is 5.53. The normalized spacial score (nSPS) is 30.2. The van der Waals surface area contributed by atoms with Gasteiger partial charge in [0, 0.05) is 18.9 Å². The first kappa shape index (κ1) is 29.5. The van der Waals surface area contributed by atoms with Gasteiger partial charge < -0.3 is 25.0 Å². The van der Waals surface area contributed by atoms with Crippen molar-refractivity contribution in [3.63, 3.8) is 0 Å². The van der Waals surface area contributed by atoms with E-state index in [-0.39, 0.29) is 37.4 Å². The highest BCUT2D eigenvalue weighted by Crippen LogP contribution is 2.46. The van der Waals surface area contributed by atoms with Crippen LogP contribution in [0.2, 0.25) is 0 Å². The fourth-order valence-electron chi connectivity index (χ4n) is 5.53. The first-order chi connectivity index (χ1) is 18.9. The van der Waals surface area contributed by atoms with Gasteiger partial charge in [-0.1, -0.05) is 25.0 Å². The molecule has 5 atom stereocenters. The van der Waals surface area contributed by atoms with Crippen molar-refractivity contribution in [2.24, 2.45) is 5.92 Å². The van der Waals surface area contributed by atoms with E-state index in [0.29, 0.717) is 25.1 Å². The lowest BCUT2D eigenvalue weighted by atomic mass is 10.0. The van der Waals surface area contributed by atoms with Crippen LogP contribution in [0, 0.1) is 12.8 Å². The Morgan fingerprint density at radius 1 is 1.23 bits per heavy atom. The van der Waals surface area contributed by atoms with Crippen LogP contribution in [0.25, 0.3) is 0 Å². The lowest BCUT2D eigenvalue weighted by molar-refractivity contribution is -0.150. The average Bonchev–Trinajstić information content (AvgIpc) is 3.17. The number of hydrogen-bond acceptors (Lipinski definition) is 9. The number of nitrogens with one attached hydrogen (secondary N) is 2. The molecule has 0 bridgehead atoms. The highest BCUT2D eigenvalue weighted by atomic mass is 16.6. The molecule has 0 aromatic carbocycles. The molecule has 3 heterocycles. The Labute approximate surface area is 234 Å². The van der Waals surface area contributed by atoms with Gasteiger partial charge in [0.2, 0.25) is 11.8 Å². The third-order valence-corrected chi connectivity index (χ3v) is 7.59. The van der Waals surface area contributed by atoms with E-state index in [9.17, 15) is 19.2 Å². The summed E-state index contributed by atoms with van der Waals surface area (Å²) >= 11 is 0. The lowest BCUT2D eigenvalue weighted by Gasteiger charge is -2.30. The summed E-state index contributed by atoms with van der Waals surface area (Å²) in [7, 11) is 0. The monoisotopic (exact) mass is 559 g/mol. The Hall–Kier alpha value is -3.51. The highest BCUT2D eigenvalue weighted by Gasteiger charge is 2.62. The molecule has 1 aromatic heterocycles. The van der Waals surface area contributed by atoms with Crippen molar-refractivity contribution in [2.75, 3.05) is 13.2 Å². The zero-order valence-corrected chi connectivity index (χ0v) is 24.0. The Morgan fingerprint density at radius 2 is 2.00 bits per heavy atom. The molecular weight excluding hydrogens is 518 g/mol. The van der Waals surface area contributed by atoms with Crippen LogP contribution in [-0.4, -0.2) is 85.4 Å². The number of alkyl carbamates (subject to hydrolysis) is 1. The van der Waals surface area contributed by atoms with Gasteiger partial charge in [0.25, 0.3) is 0 Å². The Morgan fingerprint density at radius 3 is 2.67 bits per heavy atom. The number of fused-ring (bicyclic) bond motifs is 2. The zero-order valence-electron chi connectivity index (χ0n) is 24.0. The van der Waals surface area contributed by atoms with Gasteiger partial charge in [0.05, 0.1) is 12.6 Å². The molecule has 2 N–H and O–H groups in total. The number of nitrogens with zero attached hydrogens (tertiary/aromatic N) is 5. The fraction of sp³-hybridized carbons (Fsp3) is 0.741. The van der Waals surface area contributed by atoms with E-state index in [0.717, 1.165) is 19.3 Å². The second kappa shape index (κ2) is 11.9. The molecule has 0 spiro atoms. The van der Waals surface area contributed by atoms with Gasteiger partial charge in [-0.05, 0) is 70.7 Å². The summed E-state index contributed by atoms with van der Waals surface area (Å²) in [6, 6.07) is -2.14. The van der Waals surface area contributed by atoms with Crippen LogP contribution < -0.4 is 10.6 Å². The minimum absolute atomic E-state index is 0.172. The van der Waals surface area contributed by atoms with Gasteiger partial charge in [0.15, 0.2) is 0 Å². The van der Waals surface area contributed by atoms with Crippen molar-refractivity contribution in [3.8, 4) is 0 Å². The van der Waals surface area contributed by atoms with Gasteiger partial charge in [-0.15, -0.1) is 5.10 Å². The van der Waals surface area contributed by atoms with Crippen LogP contribution in [0.1, 0.15) is 84.5 Å². The van der Waals surface area contributed by atoms with E-state index in [1.54, 1.807) is 39.3 Å². The topological polar surface area (TPSA) is 158 Å². The highest BCUT2D eigenvalue weighted by molar-refractivity contribution is 5.96. The molecule has 1 aliphatic carbocycles. The number of esters is 1. The summed E-state index contributed by atoms with van der Waals surface area (Å²) in [5.41, 5.74) is -1.89. The number of tetrazole rings is 1. The number of carbonyl (C=O) groups is 4. The van der Waals surface area contributed by atoms with Gasteiger partial charge in [0.1, 0.15) is 29.0 Å². The van der Waals surface area contributed by atoms with E-state index in [1.165, 1.54) is 4.90 Å². The summed E-state index contributed by atoms with van der Waals surface area (Å²) < 4.78 is 12.4. The van der Waals surface area contributed by atoms with E-state index in [1.807, 2.05) is 12.2 Å². The maximum Gasteiger partial charge on any atom is 0.408 e. The summed E-state index contributed by atoms with van der Waals surface area (Å²) in [6.45, 7) is 9.10. The number of aryl methyl sites for hydroxylation is 1. The number of aromatic nitrogens is 4. The largest absolute Gasteiger partial charge is 0.464 e. The smallest absolute Gasteiger partial charge is 0.408 e. The molecular formula is C27H41N7O6. The van der Waals surface area contributed by atoms with Crippen LogP contribution in [-0.2, 0) is 23.9 Å². The van der Waals surface area contributed by atoms with Crippen LogP contribution in [0.3, 0.4) is 0 Å². The van der Waals surface area contributed by atoms with Crippen LogP contribution >= 0.6 is 0 Å². The van der Waals surface area contributed by atoms with Crippen LogP contribution in [0.15, 0.2) is 12.2 Å². The average molecular weight is 560 g/mol. The molecule has 3 aliphatic rings. The second-order valence-electron chi connectivity index (χ2n) is 11.8. The minimum Gasteiger partial charge on any atom is -0.464 e. The van der Waals surface area contributed by atoms with E-state index >= 15 is 0 Å². The molecule has 3 amide bonds. The van der Waals surface area contributed by atoms with Crippen LogP contribution in [0.5, 0.6) is 0 Å². The first-order valence-corrected chi connectivity index (χ1v) is 14.2. The number of allylic oxidation sites excluding steroid dienone is 1. The summed E-state index contributed by atoms with van der Waals surface area (Å²) in [5, 5.41) is 17.4. The Balaban J connectivity index is 1.65. The number of ether oxygens (including phenoxy) is 2. The van der Waals surface area contributed by atoms with Crippen LogP contribution in [0.4, 0.5) is 4.79 Å². The SMILES string of the molecule is CCOC(=O)[C@@]12C[C@@H]1/C=C\CCCCC[C@H](NC(=O)OC(C)(C)C)C(=O)N1C[C@H](n3nnnc3C)C[C@H]1C(=O)N2. The van der Waals surface area contributed by atoms with Crippen molar-refractivity contribution in [2.45, 2.75) is 109 Å². The molecule has 4 rings (SSSR count). The second-order valence-corrected chi connectivity index (χ2v) is 11.8. The van der Waals surface area contributed by atoms with Gasteiger partial charge in [-0.2, -0.15) is 0 Å². The van der Waals surface area contributed by atoms with E-state index in [2.05, 4.69) is 26.2 Å². The van der Waals surface area contributed by atoms with Gasteiger partial charge >= 0.3 is 12.1 Å². The number of carbonyl (C=O) groups excluding carboxylic acids is 4. The molecule has 0 unspecified atom stereocenters. The van der Waals surface area contributed by atoms with Crippen molar-refractivity contribution in [1.82, 2.24) is 35.7 Å². The van der Waals surface area contributed by atoms with Gasteiger partial charge in [-0.25, -0.2) is 14.3 Å². The Kier molecular flexibility index (Phi) is 8.79. The first-order valence-electron chi connectivity index (χ1n) is 14.2. The van der Waals surface area contributed by atoms with Gasteiger partial charge in [-0.3, -0.25) is 9.59 Å². The maximum atomic E-state index is 14.0. The third-order valence-electron chi connectivity index (χ3n) is 7.59.